The van der Waals surface area contributed by atoms with E-state index in [1.165, 1.54) is 36.0 Å². The molecule has 128 valence electrons. The Labute approximate surface area is 145 Å². The molecule has 0 bridgehead atoms. The van der Waals surface area contributed by atoms with Crippen LogP contribution in [-0.2, 0) is 27.2 Å². The molecule has 1 atom stereocenters. The Hall–Kier alpha value is -2.08. The second-order valence-corrected chi connectivity index (χ2v) is 7.15. The van der Waals surface area contributed by atoms with Crippen LogP contribution in [-0.4, -0.2) is 23.6 Å². The summed E-state index contributed by atoms with van der Waals surface area (Å²) < 4.78 is 6.68. The van der Waals surface area contributed by atoms with Gasteiger partial charge in [-0.25, -0.2) is 0 Å². The summed E-state index contributed by atoms with van der Waals surface area (Å²) in [4.78, 5) is 24.8. The van der Waals surface area contributed by atoms with Gasteiger partial charge in [-0.15, -0.1) is 11.3 Å². The Bertz CT molecular complexity index is 734. The minimum atomic E-state index is -0.516. The lowest BCUT2D eigenvalue weighted by Gasteiger charge is -2.19. The van der Waals surface area contributed by atoms with Crippen molar-refractivity contribution in [2.45, 2.75) is 45.1 Å². The number of nitrogens with zero attached hydrogens (tertiary/aromatic N) is 1. The third-order valence-electron chi connectivity index (χ3n) is 4.37. The number of aromatic nitrogens is 1. The van der Waals surface area contributed by atoms with E-state index in [4.69, 9.17) is 0 Å². The first-order valence-electron chi connectivity index (χ1n) is 8.24. The van der Waals surface area contributed by atoms with Crippen molar-refractivity contribution in [1.82, 2.24) is 9.88 Å². The van der Waals surface area contributed by atoms with Crippen molar-refractivity contribution in [2.24, 2.45) is 0 Å². The molecule has 1 aliphatic rings. The predicted octanol–water partition coefficient (Wildman–Crippen LogP) is 3.16. The quantitative estimate of drug-likeness (QED) is 0.668. The maximum absolute atomic E-state index is 12.1. The molecule has 1 amide bonds. The van der Waals surface area contributed by atoms with Gasteiger partial charge in [0.2, 0.25) is 5.91 Å². The Balaban J connectivity index is 1.89. The molecular formula is C18H22N2O3S. The fraction of sp³-hybridized carbons (Fsp3) is 0.444. The number of aryl methyl sites for hydroxylation is 1. The molecule has 3 rings (SSSR count). The van der Waals surface area contributed by atoms with Crippen molar-refractivity contribution in [3.05, 3.63) is 40.5 Å². The molecular weight excluding hydrogens is 324 g/mol. The Morgan fingerprint density at radius 2 is 2.00 bits per heavy atom. The van der Waals surface area contributed by atoms with Crippen LogP contribution in [0, 0.1) is 0 Å². The predicted molar refractivity (Wildman–Crippen MR) is 93.5 cm³/mol. The molecule has 1 N–H and O–H groups in total. The number of esters is 1. The van der Waals surface area contributed by atoms with Crippen LogP contribution < -0.4 is 5.32 Å². The van der Waals surface area contributed by atoms with Crippen LogP contribution >= 0.6 is 11.3 Å². The highest BCUT2D eigenvalue weighted by atomic mass is 32.1. The van der Waals surface area contributed by atoms with Crippen LogP contribution in [0.1, 0.15) is 48.2 Å². The zero-order valence-corrected chi connectivity index (χ0v) is 14.8. The van der Waals surface area contributed by atoms with E-state index in [9.17, 15) is 9.59 Å². The van der Waals surface area contributed by atoms with Crippen LogP contribution in [0.15, 0.2) is 24.5 Å². The monoisotopic (exact) mass is 346 g/mol. The van der Waals surface area contributed by atoms with Crippen LogP contribution in [0.5, 0.6) is 0 Å². The number of carbonyl (C=O) groups is 2. The summed E-state index contributed by atoms with van der Waals surface area (Å²) >= 11 is 1.81. The number of nitrogens with one attached hydrogen (secondary N) is 1. The first kappa shape index (κ1) is 16.8. The van der Waals surface area contributed by atoms with Crippen molar-refractivity contribution in [2.75, 3.05) is 7.11 Å². The second kappa shape index (κ2) is 7.21. The van der Waals surface area contributed by atoms with E-state index in [-0.39, 0.29) is 18.4 Å². The number of carbonyl (C=O) groups excluding carboxylic acids is 2. The van der Waals surface area contributed by atoms with E-state index in [2.05, 4.69) is 14.6 Å². The van der Waals surface area contributed by atoms with Gasteiger partial charge in [0.1, 0.15) is 11.4 Å². The number of hydrogen-bond acceptors (Lipinski definition) is 4. The average Bonchev–Trinajstić information content (AvgIpc) is 3.21. The van der Waals surface area contributed by atoms with Crippen LogP contribution in [0.3, 0.4) is 0 Å². The summed E-state index contributed by atoms with van der Waals surface area (Å²) in [5.74, 6) is -0.818. The van der Waals surface area contributed by atoms with Gasteiger partial charge in [-0.1, -0.05) is 0 Å². The number of rotatable bonds is 5. The molecule has 24 heavy (non-hydrogen) atoms. The minimum absolute atomic E-state index is 0.141. The lowest BCUT2D eigenvalue weighted by atomic mass is 9.92. The minimum Gasteiger partial charge on any atom is -0.469 e. The van der Waals surface area contributed by atoms with Crippen molar-refractivity contribution in [1.29, 1.82) is 0 Å². The number of hydrogen-bond donors (Lipinski definition) is 1. The Kier molecular flexibility index (Phi) is 5.04. The number of ether oxygens (including phenoxy) is 1. The molecule has 0 aromatic carbocycles. The van der Waals surface area contributed by atoms with Crippen molar-refractivity contribution in [3.8, 4) is 5.00 Å². The summed E-state index contributed by atoms with van der Waals surface area (Å²) in [6, 6.07) is 3.86. The van der Waals surface area contributed by atoms with Gasteiger partial charge in [0.25, 0.3) is 0 Å². The average molecular weight is 346 g/mol. The van der Waals surface area contributed by atoms with Crippen LogP contribution in [0.4, 0.5) is 0 Å². The van der Waals surface area contributed by atoms with E-state index in [0.29, 0.717) is 0 Å². The normalized spacial score (nSPS) is 14.8. The van der Waals surface area contributed by atoms with Crippen LogP contribution in [0.25, 0.3) is 5.00 Å². The Morgan fingerprint density at radius 1 is 1.29 bits per heavy atom. The highest BCUT2D eigenvalue weighted by molar-refractivity contribution is 7.15. The molecule has 0 aliphatic heterocycles. The summed E-state index contributed by atoms with van der Waals surface area (Å²) in [6.07, 6.45) is 8.39. The molecule has 0 saturated heterocycles. The number of thiophene rings is 1. The van der Waals surface area contributed by atoms with E-state index in [1.54, 1.807) is 0 Å². The molecule has 0 radical (unpaired) electrons. The molecule has 0 unspecified atom stereocenters. The largest absolute Gasteiger partial charge is 0.469 e. The van der Waals surface area contributed by atoms with Gasteiger partial charge >= 0.3 is 5.97 Å². The molecule has 2 heterocycles. The fourth-order valence-corrected chi connectivity index (χ4v) is 4.70. The molecule has 1 aliphatic carbocycles. The molecule has 0 spiro atoms. The maximum atomic E-state index is 12.1. The highest BCUT2D eigenvalue weighted by Crippen LogP contribution is 2.40. The Morgan fingerprint density at radius 3 is 2.71 bits per heavy atom. The lowest BCUT2D eigenvalue weighted by Crippen LogP contribution is -2.29. The SMILES string of the molecule is COC(=O)CC(=O)N[C@@H](C)c1c(-n2cccc2)sc2c1CCCC2. The van der Waals surface area contributed by atoms with E-state index < -0.39 is 5.97 Å². The molecule has 5 nitrogen and oxygen atoms in total. The van der Waals surface area contributed by atoms with E-state index in [0.717, 1.165) is 17.8 Å². The van der Waals surface area contributed by atoms with Crippen molar-refractivity contribution >= 4 is 23.2 Å². The first-order valence-corrected chi connectivity index (χ1v) is 9.05. The summed E-state index contributed by atoms with van der Waals surface area (Å²) in [5.41, 5.74) is 2.56. The van der Waals surface area contributed by atoms with Gasteiger partial charge < -0.3 is 14.6 Å². The molecule has 6 heteroatoms. The summed E-state index contributed by atoms with van der Waals surface area (Å²) in [7, 11) is 1.29. The second-order valence-electron chi connectivity index (χ2n) is 6.06. The van der Waals surface area contributed by atoms with Crippen molar-refractivity contribution < 1.29 is 14.3 Å². The maximum Gasteiger partial charge on any atom is 0.315 e. The van der Waals surface area contributed by atoms with Gasteiger partial charge in [0, 0.05) is 22.8 Å². The first-order chi connectivity index (χ1) is 11.6. The molecule has 2 aromatic heterocycles. The third kappa shape index (κ3) is 3.38. The highest BCUT2D eigenvalue weighted by Gasteiger charge is 2.26. The number of methoxy groups -OCH3 is 1. The molecule has 0 fully saturated rings. The molecule has 0 saturated carbocycles. The van der Waals surface area contributed by atoms with Gasteiger partial charge in [0.05, 0.1) is 13.2 Å². The smallest absolute Gasteiger partial charge is 0.315 e. The lowest BCUT2D eigenvalue weighted by molar-refractivity contribution is -0.143. The zero-order valence-electron chi connectivity index (χ0n) is 14.0. The van der Waals surface area contributed by atoms with E-state index >= 15 is 0 Å². The van der Waals surface area contributed by atoms with Gasteiger partial charge in [-0.3, -0.25) is 9.59 Å². The van der Waals surface area contributed by atoms with E-state index in [1.807, 2.05) is 42.8 Å². The number of fused-ring (bicyclic) bond motifs is 1. The van der Waals surface area contributed by atoms with Crippen LogP contribution in [0.2, 0.25) is 0 Å². The molecule has 2 aromatic rings. The zero-order chi connectivity index (χ0) is 17.1. The van der Waals surface area contributed by atoms with Gasteiger partial charge in [0.15, 0.2) is 0 Å². The fourth-order valence-electron chi connectivity index (χ4n) is 3.25. The third-order valence-corrected chi connectivity index (χ3v) is 5.70. The number of amides is 1. The van der Waals surface area contributed by atoms with Gasteiger partial charge in [-0.2, -0.15) is 0 Å². The van der Waals surface area contributed by atoms with Crippen molar-refractivity contribution in [3.63, 3.8) is 0 Å². The topological polar surface area (TPSA) is 60.3 Å². The summed E-state index contributed by atoms with van der Waals surface area (Å²) in [5, 5.41) is 4.12. The summed E-state index contributed by atoms with van der Waals surface area (Å²) in [6.45, 7) is 1.99. The van der Waals surface area contributed by atoms with Gasteiger partial charge in [-0.05, 0) is 50.3 Å². The standard InChI is InChI=1S/C18H22N2O3S/c1-12(19-15(21)11-16(22)23-2)17-13-7-3-4-8-14(13)24-18(17)20-9-5-6-10-20/h5-6,9-10,12H,3-4,7-8,11H2,1-2H3,(H,19,21)/t12-/m0/s1.